The van der Waals surface area contributed by atoms with Crippen molar-refractivity contribution in [3.8, 4) is 5.75 Å². The van der Waals surface area contributed by atoms with Crippen LogP contribution in [0.1, 0.15) is 31.3 Å². The summed E-state index contributed by atoms with van der Waals surface area (Å²) in [5, 5.41) is 7.00. The summed E-state index contributed by atoms with van der Waals surface area (Å²) in [7, 11) is 0. The maximum atomic E-state index is 12.2. The molecule has 0 spiro atoms. The monoisotopic (exact) mass is 329 g/mol. The number of ether oxygens (including phenoxy) is 1. The van der Waals surface area contributed by atoms with Crippen molar-refractivity contribution < 1.29 is 9.53 Å². The van der Waals surface area contributed by atoms with E-state index in [1.165, 1.54) is 16.8 Å². The van der Waals surface area contributed by atoms with Gasteiger partial charge in [-0.1, -0.05) is 32.0 Å². The number of nitrogens with one attached hydrogen (secondary N) is 1. The van der Waals surface area contributed by atoms with Crippen molar-refractivity contribution in [2.75, 3.05) is 6.61 Å². The van der Waals surface area contributed by atoms with Crippen LogP contribution in [0.15, 0.2) is 47.3 Å². The van der Waals surface area contributed by atoms with Crippen molar-refractivity contribution in [1.82, 2.24) is 15.1 Å². The van der Waals surface area contributed by atoms with Crippen molar-refractivity contribution in [2.45, 2.75) is 33.4 Å². The van der Waals surface area contributed by atoms with E-state index in [9.17, 15) is 9.59 Å². The predicted octanol–water partition coefficient (Wildman–Crippen LogP) is 2.10. The van der Waals surface area contributed by atoms with Gasteiger partial charge in [-0.05, 0) is 31.0 Å². The van der Waals surface area contributed by atoms with E-state index in [-0.39, 0.29) is 29.7 Å². The number of nitrogens with zero attached hydrogens (tertiary/aromatic N) is 2. The van der Waals surface area contributed by atoms with E-state index in [1.807, 2.05) is 51.1 Å². The van der Waals surface area contributed by atoms with Crippen LogP contribution in [-0.4, -0.2) is 28.3 Å². The van der Waals surface area contributed by atoms with Gasteiger partial charge in [-0.3, -0.25) is 9.59 Å². The van der Waals surface area contributed by atoms with E-state index in [0.717, 1.165) is 5.75 Å². The molecule has 1 aromatic carbocycles. The van der Waals surface area contributed by atoms with Gasteiger partial charge in [0.05, 0.1) is 6.54 Å². The Morgan fingerprint density at radius 1 is 1.17 bits per heavy atom. The molecule has 0 bridgehead atoms. The minimum absolute atomic E-state index is 0.0288. The highest BCUT2D eigenvalue weighted by molar-refractivity contribution is 5.92. The Labute approximate surface area is 141 Å². The van der Waals surface area contributed by atoms with Gasteiger partial charge in [0.25, 0.3) is 11.5 Å². The lowest BCUT2D eigenvalue weighted by Gasteiger charge is -2.17. The Kier molecular flexibility index (Phi) is 6.12. The molecule has 0 radical (unpaired) electrons. The molecule has 1 heterocycles. The zero-order valence-corrected chi connectivity index (χ0v) is 14.2. The molecule has 6 nitrogen and oxygen atoms in total. The number of hydrogen-bond donors (Lipinski definition) is 1. The Morgan fingerprint density at radius 2 is 1.88 bits per heavy atom. The van der Waals surface area contributed by atoms with E-state index in [2.05, 4.69) is 10.4 Å². The molecular weight excluding hydrogens is 306 g/mol. The molecule has 1 unspecified atom stereocenters. The zero-order chi connectivity index (χ0) is 17.5. The molecular formula is C18H23N3O3. The summed E-state index contributed by atoms with van der Waals surface area (Å²) in [5.41, 5.74) is -0.0399. The molecule has 1 N–H and O–H groups in total. The van der Waals surface area contributed by atoms with E-state index in [1.54, 1.807) is 0 Å². The normalized spacial score (nSPS) is 12.0. The third kappa shape index (κ3) is 4.94. The zero-order valence-electron chi connectivity index (χ0n) is 14.2. The highest BCUT2D eigenvalue weighted by atomic mass is 16.5. The summed E-state index contributed by atoms with van der Waals surface area (Å²) in [6.07, 6.45) is 0. The SMILES string of the molecule is CC(C)C(C)NC(=O)c1ccc(=O)n(CCOc2ccccc2)n1. The lowest BCUT2D eigenvalue weighted by atomic mass is 10.1. The standard InChI is InChI=1S/C18H23N3O3/c1-13(2)14(3)19-18(23)16-9-10-17(22)21(20-16)11-12-24-15-7-5-4-6-8-15/h4-10,13-14H,11-12H2,1-3H3,(H,19,23). The van der Waals surface area contributed by atoms with Crippen LogP contribution in [-0.2, 0) is 6.54 Å². The fourth-order valence-corrected chi connectivity index (χ4v) is 1.94. The predicted molar refractivity (Wildman–Crippen MR) is 92.2 cm³/mol. The maximum Gasteiger partial charge on any atom is 0.271 e. The summed E-state index contributed by atoms with van der Waals surface area (Å²) < 4.78 is 6.81. The first-order chi connectivity index (χ1) is 11.5. The first-order valence-corrected chi connectivity index (χ1v) is 8.04. The summed E-state index contributed by atoms with van der Waals surface area (Å²) in [6, 6.07) is 12.2. The molecule has 128 valence electrons. The van der Waals surface area contributed by atoms with Crippen molar-refractivity contribution in [1.29, 1.82) is 0 Å². The largest absolute Gasteiger partial charge is 0.492 e. The summed E-state index contributed by atoms with van der Waals surface area (Å²) >= 11 is 0. The first kappa shape index (κ1) is 17.7. The van der Waals surface area contributed by atoms with Crippen LogP contribution in [0.4, 0.5) is 0 Å². The minimum atomic E-state index is -0.283. The number of rotatable bonds is 7. The minimum Gasteiger partial charge on any atom is -0.492 e. The van der Waals surface area contributed by atoms with Gasteiger partial charge in [-0.15, -0.1) is 0 Å². The van der Waals surface area contributed by atoms with Crippen molar-refractivity contribution in [3.63, 3.8) is 0 Å². The molecule has 1 atom stereocenters. The second-order valence-corrected chi connectivity index (χ2v) is 5.95. The molecule has 0 saturated carbocycles. The molecule has 6 heteroatoms. The average molecular weight is 329 g/mol. The second-order valence-electron chi connectivity index (χ2n) is 5.95. The number of hydrogen-bond acceptors (Lipinski definition) is 4. The van der Waals surface area contributed by atoms with Crippen LogP contribution in [0.3, 0.4) is 0 Å². The highest BCUT2D eigenvalue weighted by Gasteiger charge is 2.14. The van der Waals surface area contributed by atoms with E-state index in [4.69, 9.17) is 4.74 Å². The number of carbonyl (C=O) groups excluding carboxylic acids is 1. The van der Waals surface area contributed by atoms with Gasteiger partial charge in [0.2, 0.25) is 0 Å². The van der Waals surface area contributed by atoms with Gasteiger partial charge in [-0.25, -0.2) is 4.68 Å². The van der Waals surface area contributed by atoms with Gasteiger partial charge in [-0.2, -0.15) is 5.10 Å². The van der Waals surface area contributed by atoms with Crippen LogP contribution in [0, 0.1) is 5.92 Å². The van der Waals surface area contributed by atoms with Gasteiger partial charge < -0.3 is 10.1 Å². The van der Waals surface area contributed by atoms with Crippen LogP contribution < -0.4 is 15.6 Å². The van der Waals surface area contributed by atoms with Crippen LogP contribution in [0.25, 0.3) is 0 Å². The second kappa shape index (κ2) is 8.29. The first-order valence-electron chi connectivity index (χ1n) is 8.04. The molecule has 24 heavy (non-hydrogen) atoms. The molecule has 2 aromatic rings. The third-order valence-electron chi connectivity index (χ3n) is 3.77. The number of amides is 1. The molecule has 0 aliphatic heterocycles. The summed E-state index contributed by atoms with van der Waals surface area (Å²) in [6.45, 7) is 6.56. The molecule has 0 aliphatic rings. The number of aromatic nitrogens is 2. The Morgan fingerprint density at radius 3 is 2.54 bits per heavy atom. The Balaban J connectivity index is 2.00. The van der Waals surface area contributed by atoms with E-state index >= 15 is 0 Å². The van der Waals surface area contributed by atoms with Gasteiger partial charge in [0.15, 0.2) is 0 Å². The number of para-hydroxylation sites is 1. The topological polar surface area (TPSA) is 73.2 Å². The smallest absolute Gasteiger partial charge is 0.271 e. The maximum absolute atomic E-state index is 12.2. The molecule has 1 aromatic heterocycles. The molecule has 0 fully saturated rings. The third-order valence-corrected chi connectivity index (χ3v) is 3.77. The van der Waals surface area contributed by atoms with Gasteiger partial charge >= 0.3 is 0 Å². The van der Waals surface area contributed by atoms with E-state index in [0.29, 0.717) is 12.5 Å². The van der Waals surface area contributed by atoms with Crippen molar-refractivity contribution >= 4 is 5.91 Å². The van der Waals surface area contributed by atoms with Crippen LogP contribution >= 0.6 is 0 Å². The highest BCUT2D eigenvalue weighted by Crippen LogP contribution is 2.07. The van der Waals surface area contributed by atoms with E-state index < -0.39 is 0 Å². The quantitative estimate of drug-likeness (QED) is 0.844. The lowest BCUT2D eigenvalue weighted by molar-refractivity contribution is 0.0922. The van der Waals surface area contributed by atoms with Gasteiger partial charge in [0, 0.05) is 12.1 Å². The van der Waals surface area contributed by atoms with Gasteiger partial charge in [0.1, 0.15) is 18.1 Å². The van der Waals surface area contributed by atoms with Crippen LogP contribution in [0.5, 0.6) is 5.75 Å². The Bertz CT molecular complexity index is 726. The molecule has 2 rings (SSSR count). The summed E-state index contributed by atoms with van der Waals surface area (Å²) in [5.74, 6) is 0.762. The summed E-state index contributed by atoms with van der Waals surface area (Å²) in [4.78, 5) is 24.1. The number of benzene rings is 1. The average Bonchev–Trinajstić information content (AvgIpc) is 2.57. The Hall–Kier alpha value is -2.63. The number of carbonyl (C=O) groups is 1. The fourth-order valence-electron chi connectivity index (χ4n) is 1.94. The van der Waals surface area contributed by atoms with Crippen molar-refractivity contribution in [2.24, 2.45) is 5.92 Å². The molecule has 0 saturated heterocycles. The van der Waals surface area contributed by atoms with Crippen molar-refractivity contribution in [3.05, 3.63) is 58.5 Å². The van der Waals surface area contributed by atoms with Crippen LogP contribution in [0.2, 0.25) is 0 Å². The fraction of sp³-hybridized carbons (Fsp3) is 0.389. The lowest BCUT2D eigenvalue weighted by Crippen LogP contribution is -2.38. The molecule has 1 amide bonds. The molecule has 0 aliphatic carbocycles.